The van der Waals surface area contributed by atoms with Crippen LogP contribution in [-0.2, 0) is 11.2 Å². The van der Waals surface area contributed by atoms with E-state index in [0.29, 0.717) is 12.0 Å². The molecule has 0 bridgehead atoms. The van der Waals surface area contributed by atoms with Gasteiger partial charge in [0.05, 0.1) is 6.04 Å². The fourth-order valence-corrected chi connectivity index (χ4v) is 2.61. The summed E-state index contributed by atoms with van der Waals surface area (Å²) in [6.45, 7) is 5.39. The topological polar surface area (TPSA) is 58.6 Å². The van der Waals surface area contributed by atoms with Crippen molar-refractivity contribution in [1.82, 2.24) is 5.32 Å². The summed E-state index contributed by atoms with van der Waals surface area (Å²) in [4.78, 5) is 11.9. The molecule has 1 aliphatic rings. The van der Waals surface area contributed by atoms with Gasteiger partial charge in [-0.05, 0) is 57.2 Å². The first kappa shape index (κ1) is 15.6. The van der Waals surface area contributed by atoms with Gasteiger partial charge in [-0.25, -0.2) is 9.18 Å². The first-order chi connectivity index (χ1) is 9.78. The second-order valence-corrected chi connectivity index (χ2v) is 6.41. The number of fused-ring (bicyclic) bond motifs is 1. The van der Waals surface area contributed by atoms with Crippen molar-refractivity contribution < 1.29 is 19.0 Å². The van der Waals surface area contributed by atoms with Crippen molar-refractivity contribution in [1.29, 1.82) is 0 Å². The third kappa shape index (κ3) is 3.86. The van der Waals surface area contributed by atoms with Crippen molar-refractivity contribution in [3.63, 3.8) is 0 Å². The third-order valence-corrected chi connectivity index (χ3v) is 3.50. The minimum atomic E-state index is -0.578. The molecule has 0 unspecified atom stereocenters. The van der Waals surface area contributed by atoms with Crippen LogP contribution in [0.1, 0.15) is 57.2 Å². The molecule has 0 aromatic heterocycles. The monoisotopic (exact) mass is 295 g/mol. The maximum Gasteiger partial charge on any atom is 0.408 e. The first-order valence-corrected chi connectivity index (χ1v) is 7.27. The molecule has 2 rings (SSSR count). The van der Waals surface area contributed by atoms with Gasteiger partial charge in [-0.2, -0.15) is 0 Å². The number of carbonyl (C=O) groups is 1. The quantitative estimate of drug-likeness (QED) is 0.774. The SMILES string of the molecule is CC(C)(C)OC(=O)N[C@@H]1CCCCc2c1ccc(O)c2F. The largest absolute Gasteiger partial charge is 0.505 e. The summed E-state index contributed by atoms with van der Waals surface area (Å²) in [6, 6.07) is 2.73. The number of benzene rings is 1. The van der Waals surface area contributed by atoms with Gasteiger partial charge in [0.15, 0.2) is 11.6 Å². The van der Waals surface area contributed by atoms with Gasteiger partial charge in [0.1, 0.15) is 5.60 Å². The molecule has 0 aliphatic heterocycles. The Bertz CT molecular complexity index is 537. The summed E-state index contributed by atoms with van der Waals surface area (Å²) >= 11 is 0. The number of phenolic OH excluding ortho intramolecular Hbond substituents is 1. The van der Waals surface area contributed by atoms with Crippen LogP contribution in [-0.4, -0.2) is 16.8 Å². The summed E-state index contributed by atoms with van der Waals surface area (Å²) < 4.78 is 19.3. The minimum Gasteiger partial charge on any atom is -0.505 e. The van der Waals surface area contributed by atoms with Gasteiger partial charge < -0.3 is 15.2 Å². The van der Waals surface area contributed by atoms with Gasteiger partial charge in [0.25, 0.3) is 0 Å². The van der Waals surface area contributed by atoms with Crippen molar-refractivity contribution in [2.24, 2.45) is 0 Å². The molecule has 1 amide bonds. The van der Waals surface area contributed by atoms with Crippen LogP contribution in [0, 0.1) is 5.82 Å². The van der Waals surface area contributed by atoms with Crippen LogP contribution in [0.3, 0.4) is 0 Å². The first-order valence-electron chi connectivity index (χ1n) is 7.27. The molecule has 5 heteroatoms. The fourth-order valence-electron chi connectivity index (χ4n) is 2.61. The number of halogens is 1. The molecule has 1 aromatic rings. The number of rotatable bonds is 1. The van der Waals surface area contributed by atoms with E-state index >= 15 is 0 Å². The number of nitrogens with one attached hydrogen (secondary N) is 1. The zero-order valence-corrected chi connectivity index (χ0v) is 12.7. The number of amides is 1. The Labute approximate surface area is 124 Å². The number of hydrogen-bond donors (Lipinski definition) is 2. The van der Waals surface area contributed by atoms with E-state index in [1.54, 1.807) is 26.8 Å². The number of hydrogen-bond acceptors (Lipinski definition) is 3. The highest BCUT2D eigenvalue weighted by molar-refractivity contribution is 5.68. The van der Waals surface area contributed by atoms with E-state index in [4.69, 9.17) is 4.74 Å². The van der Waals surface area contributed by atoms with Crippen LogP contribution < -0.4 is 5.32 Å². The Balaban J connectivity index is 2.22. The molecule has 1 aliphatic carbocycles. The van der Waals surface area contributed by atoms with Crippen molar-refractivity contribution in [2.45, 2.75) is 58.1 Å². The smallest absolute Gasteiger partial charge is 0.408 e. The van der Waals surface area contributed by atoms with Gasteiger partial charge in [0.2, 0.25) is 0 Å². The van der Waals surface area contributed by atoms with Gasteiger partial charge in [-0.3, -0.25) is 0 Å². The Morgan fingerprint density at radius 3 is 2.76 bits per heavy atom. The molecule has 0 heterocycles. The van der Waals surface area contributed by atoms with E-state index < -0.39 is 17.5 Å². The molecular weight excluding hydrogens is 273 g/mol. The highest BCUT2D eigenvalue weighted by atomic mass is 19.1. The van der Waals surface area contributed by atoms with Crippen LogP contribution in [0.5, 0.6) is 5.75 Å². The number of aromatic hydroxyl groups is 1. The molecule has 21 heavy (non-hydrogen) atoms. The van der Waals surface area contributed by atoms with Crippen LogP contribution in [0.25, 0.3) is 0 Å². The Kier molecular flexibility index (Phi) is 4.40. The standard InChI is InChI=1S/C16H22FNO3/c1-16(2,3)21-15(20)18-12-7-5-4-6-11-10(12)8-9-13(19)14(11)17/h8-9,12,19H,4-7H2,1-3H3,(H,18,20)/t12-/m1/s1. The highest BCUT2D eigenvalue weighted by Crippen LogP contribution is 2.33. The predicted octanol–water partition coefficient (Wildman–Crippen LogP) is 3.82. The zero-order valence-electron chi connectivity index (χ0n) is 12.7. The second kappa shape index (κ2) is 5.92. The highest BCUT2D eigenvalue weighted by Gasteiger charge is 2.26. The molecule has 4 nitrogen and oxygen atoms in total. The molecule has 0 spiro atoms. The molecule has 1 aromatic carbocycles. The summed E-state index contributed by atoms with van der Waals surface area (Å²) in [5, 5.41) is 12.3. The van der Waals surface area contributed by atoms with E-state index in [0.717, 1.165) is 24.8 Å². The Morgan fingerprint density at radius 2 is 2.10 bits per heavy atom. The lowest BCUT2D eigenvalue weighted by Gasteiger charge is -2.24. The normalized spacial score (nSPS) is 18.6. The van der Waals surface area contributed by atoms with Crippen LogP contribution >= 0.6 is 0 Å². The second-order valence-electron chi connectivity index (χ2n) is 6.41. The summed E-state index contributed by atoms with van der Waals surface area (Å²) in [6.07, 6.45) is 2.52. The maximum atomic E-state index is 14.1. The average Bonchev–Trinajstić information content (AvgIpc) is 2.55. The predicted molar refractivity (Wildman–Crippen MR) is 77.7 cm³/mol. The number of phenols is 1. The van der Waals surface area contributed by atoms with Crippen molar-refractivity contribution in [3.05, 3.63) is 29.1 Å². The minimum absolute atomic E-state index is 0.285. The zero-order chi connectivity index (χ0) is 15.6. The molecule has 1 atom stereocenters. The van der Waals surface area contributed by atoms with E-state index in [9.17, 15) is 14.3 Å². The maximum absolute atomic E-state index is 14.1. The molecule has 116 valence electrons. The van der Waals surface area contributed by atoms with Gasteiger partial charge in [-0.1, -0.05) is 12.5 Å². The molecular formula is C16H22FNO3. The Hall–Kier alpha value is -1.78. The lowest BCUT2D eigenvalue weighted by atomic mass is 9.98. The van der Waals surface area contributed by atoms with Crippen molar-refractivity contribution in [3.8, 4) is 5.75 Å². The number of ether oxygens (including phenoxy) is 1. The number of carbonyl (C=O) groups excluding carboxylic acids is 1. The Morgan fingerprint density at radius 1 is 1.38 bits per heavy atom. The molecule has 0 radical (unpaired) electrons. The van der Waals surface area contributed by atoms with Gasteiger partial charge in [-0.15, -0.1) is 0 Å². The third-order valence-electron chi connectivity index (χ3n) is 3.50. The van der Waals surface area contributed by atoms with Crippen molar-refractivity contribution >= 4 is 6.09 Å². The molecule has 2 N–H and O–H groups in total. The molecule has 0 saturated carbocycles. The van der Waals surface area contributed by atoms with E-state index in [1.165, 1.54) is 6.07 Å². The molecule has 0 saturated heterocycles. The van der Waals surface area contributed by atoms with Gasteiger partial charge >= 0.3 is 6.09 Å². The van der Waals surface area contributed by atoms with E-state index in [-0.39, 0.29) is 11.8 Å². The summed E-state index contributed by atoms with van der Waals surface area (Å²) in [5.74, 6) is -0.919. The van der Waals surface area contributed by atoms with Crippen LogP contribution in [0.15, 0.2) is 12.1 Å². The fraction of sp³-hybridized carbons (Fsp3) is 0.562. The van der Waals surface area contributed by atoms with Crippen LogP contribution in [0.4, 0.5) is 9.18 Å². The number of alkyl carbamates (subject to hydrolysis) is 1. The van der Waals surface area contributed by atoms with E-state index in [2.05, 4.69) is 5.32 Å². The van der Waals surface area contributed by atoms with E-state index in [1.807, 2.05) is 0 Å². The summed E-state index contributed by atoms with van der Waals surface area (Å²) in [7, 11) is 0. The average molecular weight is 295 g/mol. The lowest BCUT2D eigenvalue weighted by molar-refractivity contribution is 0.0501. The van der Waals surface area contributed by atoms with Gasteiger partial charge in [0, 0.05) is 0 Å². The molecule has 0 fully saturated rings. The van der Waals surface area contributed by atoms with Crippen molar-refractivity contribution in [2.75, 3.05) is 0 Å². The van der Waals surface area contributed by atoms with Crippen LogP contribution in [0.2, 0.25) is 0 Å². The lowest BCUT2D eigenvalue weighted by Crippen LogP contribution is -2.35. The summed E-state index contributed by atoms with van der Waals surface area (Å²) in [5.41, 5.74) is 0.653.